The van der Waals surface area contributed by atoms with Crippen molar-refractivity contribution in [3.63, 3.8) is 0 Å². The maximum atomic E-state index is 13.2. The molecule has 3 fully saturated rings. The molecule has 1 aromatic rings. The Labute approximate surface area is 206 Å². The molecular weight excluding hydrogens is 458 g/mol. The number of rotatable bonds is 8. The van der Waals surface area contributed by atoms with Gasteiger partial charge in [0.05, 0.1) is 19.8 Å². The molecule has 1 aromatic carbocycles. The number of piperidine rings is 1. The zero-order chi connectivity index (χ0) is 24.0. The number of hydrogen-bond acceptors (Lipinski definition) is 5. The second kappa shape index (κ2) is 11.4. The Morgan fingerprint density at radius 3 is 2.62 bits per heavy atom. The van der Waals surface area contributed by atoms with Crippen LogP contribution in [0.4, 0.5) is 0 Å². The maximum absolute atomic E-state index is 13.2. The van der Waals surface area contributed by atoms with Gasteiger partial charge in [0.2, 0.25) is 17.7 Å². The van der Waals surface area contributed by atoms with Crippen LogP contribution in [0.25, 0.3) is 0 Å². The van der Waals surface area contributed by atoms with Crippen LogP contribution in [0.5, 0.6) is 5.75 Å². The van der Waals surface area contributed by atoms with E-state index in [-0.39, 0.29) is 17.7 Å². The van der Waals surface area contributed by atoms with Gasteiger partial charge in [-0.25, -0.2) is 0 Å². The fourth-order valence-electron chi connectivity index (χ4n) is 5.10. The summed E-state index contributed by atoms with van der Waals surface area (Å²) in [6, 6.07) is 7.23. The van der Waals surface area contributed by atoms with Crippen LogP contribution < -0.4 is 4.74 Å². The van der Waals surface area contributed by atoms with Gasteiger partial charge >= 0.3 is 0 Å². The Kier molecular flexibility index (Phi) is 8.32. The number of carbonyl (C=O) groups is 3. The molecule has 3 heterocycles. The summed E-state index contributed by atoms with van der Waals surface area (Å²) >= 11 is 6.12. The molecular formula is C25H34ClN3O5. The molecule has 9 heteroatoms. The molecule has 3 saturated heterocycles. The zero-order valence-corrected chi connectivity index (χ0v) is 20.4. The third-order valence-corrected chi connectivity index (χ3v) is 7.25. The molecule has 4 rings (SSSR count). The number of halogens is 1. The summed E-state index contributed by atoms with van der Waals surface area (Å²) in [4.78, 5) is 43.7. The van der Waals surface area contributed by atoms with Crippen molar-refractivity contribution in [2.24, 2.45) is 5.41 Å². The summed E-state index contributed by atoms with van der Waals surface area (Å²) in [6.45, 7) is 4.96. The molecule has 3 aliphatic heterocycles. The van der Waals surface area contributed by atoms with E-state index in [0.29, 0.717) is 82.6 Å². The highest BCUT2D eigenvalue weighted by Gasteiger charge is 2.41. The summed E-state index contributed by atoms with van der Waals surface area (Å²) in [5.74, 6) is 0.897. The molecule has 0 N–H and O–H groups in total. The van der Waals surface area contributed by atoms with Crippen LogP contribution in [-0.4, -0.2) is 91.5 Å². The minimum absolute atomic E-state index is 0.0327. The number of morpholine rings is 1. The third-order valence-electron chi connectivity index (χ3n) is 7.01. The first-order valence-electron chi connectivity index (χ1n) is 12.2. The van der Waals surface area contributed by atoms with Gasteiger partial charge in [0.1, 0.15) is 5.75 Å². The van der Waals surface area contributed by atoms with Crippen molar-refractivity contribution >= 4 is 29.3 Å². The van der Waals surface area contributed by atoms with Crippen molar-refractivity contribution in [2.75, 3.05) is 59.1 Å². The smallest absolute Gasteiger partial charge is 0.224 e. The average Bonchev–Trinajstić information content (AvgIpc) is 3.26. The van der Waals surface area contributed by atoms with Gasteiger partial charge in [-0.2, -0.15) is 0 Å². The summed E-state index contributed by atoms with van der Waals surface area (Å²) < 4.78 is 11.5. The Morgan fingerprint density at radius 2 is 1.88 bits per heavy atom. The fraction of sp³-hybridized carbons (Fsp3) is 0.640. The minimum Gasteiger partial charge on any atom is -0.493 e. The lowest BCUT2D eigenvalue weighted by Gasteiger charge is -2.43. The number of hydrogen-bond donors (Lipinski definition) is 0. The van der Waals surface area contributed by atoms with E-state index in [1.165, 1.54) is 0 Å². The molecule has 0 aliphatic carbocycles. The first-order chi connectivity index (χ1) is 16.4. The molecule has 1 atom stereocenters. The standard InChI is InChI=1S/C25H34ClN3O5/c26-20-4-1-5-21(16-20)34-19-25(17-24(32)28-12-14-33-15-13-28)8-3-10-29(18-25)23(31)7-11-27-9-2-6-22(27)30/h1,4-5,16H,2-3,6-15,17-19H2. The van der Waals surface area contributed by atoms with Crippen molar-refractivity contribution in [2.45, 2.75) is 38.5 Å². The van der Waals surface area contributed by atoms with Gasteiger partial charge in [0.15, 0.2) is 0 Å². The van der Waals surface area contributed by atoms with E-state index in [1.807, 2.05) is 21.9 Å². The van der Waals surface area contributed by atoms with Crippen LogP contribution in [0.3, 0.4) is 0 Å². The van der Waals surface area contributed by atoms with Gasteiger partial charge < -0.3 is 24.2 Å². The molecule has 0 radical (unpaired) electrons. The summed E-state index contributed by atoms with van der Waals surface area (Å²) in [6.07, 6.45) is 3.69. The lowest BCUT2D eigenvalue weighted by molar-refractivity contribution is -0.144. The second-order valence-electron chi connectivity index (χ2n) is 9.57. The first kappa shape index (κ1) is 24.8. The monoisotopic (exact) mass is 491 g/mol. The van der Waals surface area contributed by atoms with Gasteiger partial charge in [-0.15, -0.1) is 0 Å². The van der Waals surface area contributed by atoms with Crippen LogP contribution in [0.2, 0.25) is 5.02 Å². The van der Waals surface area contributed by atoms with Gasteiger partial charge in [0, 0.05) is 69.0 Å². The molecule has 8 nitrogen and oxygen atoms in total. The number of benzene rings is 1. The van der Waals surface area contributed by atoms with E-state index < -0.39 is 5.41 Å². The molecule has 0 aromatic heterocycles. The zero-order valence-electron chi connectivity index (χ0n) is 19.7. The van der Waals surface area contributed by atoms with E-state index in [1.54, 1.807) is 17.0 Å². The molecule has 1 unspecified atom stereocenters. The number of ether oxygens (including phenoxy) is 2. The van der Waals surface area contributed by atoms with E-state index in [9.17, 15) is 14.4 Å². The lowest BCUT2D eigenvalue weighted by atomic mass is 9.77. The summed E-state index contributed by atoms with van der Waals surface area (Å²) in [7, 11) is 0. The van der Waals surface area contributed by atoms with E-state index in [0.717, 1.165) is 25.8 Å². The van der Waals surface area contributed by atoms with Crippen LogP contribution in [0.1, 0.15) is 38.5 Å². The van der Waals surface area contributed by atoms with Crippen molar-refractivity contribution < 1.29 is 23.9 Å². The van der Waals surface area contributed by atoms with E-state index in [4.69, 9.17) is 21.1 Å². The van der Waals surface area contributed by atoms with E-state index >= 15 is 0 Å². The number of carbonyl (C=O) groups excluding carboxylic acids is 3. The van der Waals surface area contributed by atoms with Gasteiger partial charge in [-0.3, -0.25) is 14.4 Å². The highest BCUT2D eigenvalue weighted by atomic mass is 35.5. The Balaban J connectivity index is 1.43. The maximum Gasteiger partial charge on any atom is 0.224 e. The van der Waals surface area contributed by atoms with Crippen molar-refractivity contribution in [3.8, 4) is 5.75 Å². The molecule has 34 heavy (non-hydrogen) atoms. The first-order valence-corrected chi connectivity index (χ1v) is 12.6. The van der Waals surface area contributed by atoms with Crippen molar-refractivity contribution in [1.82, 2.24) is 14.7 Å². The molecule has 3 aliphatic rings. The third kappa shape index (κ3) is 6.42. The van der Waals surface area contributed by atoms with Crippen molar-refractivity contribution in [3.05, 3.63) is 29.3 Å². The lowest BCUT2D eigenvalue weighted by Crippen LogP contribution is -2.52. The van der Waals surface area contributed by atoms with Crippen LogP contribution in [0.15, 0.2) is 24.3 Å². The van der Waals surface area contributed by atoms with Crippen LogP contribution in [-0.2, 0) is 19.1 Å². The molecule has 3 amide bonds. The van der Waals surface area contributed by atoms with E-state index in [2.05, 4.69) is 0 Å². The topological polar surface area (TPSA) is 79.4 Å². The predicted molar refractivity (Wildman–Crippen MR) is 128 cm³/mol. The molecule has 0 bridgehead atoms. The molecule has 0 saturated carbocycles. The normalized spacial score (nSPS) is 23.3. The Hall–Kier alpha value is -2.32. The van der Waals surface area contributed by atoms with Crippen LogP contribution >= 0.6 is 11.6 Å². The highest BCUT2D eigenvalue weighted by molar-refractivity contribution is 6.30. The van der Waals surface area contributed by atoms with Crippen molar-refractivity contribution in [1.29, 1.82) is 0 Å². The second-order valence-corrected chi connectivity index (χ2v) is 10.0. The summed E-state index contributed by atoms with van der Waals surface area (Å²) in [5.41, 5.74) is -0.477. The molecule has 186 valence electrons. The van der Waals surface area contributed by atoms with Crippen LogP contribution in [0, 0.1) is 5.41 Å². The number of amides is 3. The van der Waals surface area contributed by atoms with Gasteiger partial charge in [-0.1, -0.05) is 17.7 Å². The highest BCUT2D eigenvalue weighted by Crippen LogP contribution is 2.36. The quantitative estimate of drug-likeness (QED) is 0.558. The molecule has 0 spiro atoms. The average molecular weight is 492 g/mol. The largest absolute Gasteiger partial charge is 0.493 e. The van der Waals surface area contributed by atoms with Gasteiger partial charge in [0.25, 0.3) is 0 Å². The number of nitrogens with zero attached hydrogens (tertiary/aromatic N) is 3. The minimum atomic E-state index is -0.477. The van der Waals surface area contributed by atoms with Gasteiger partial charge in [-0.05, 0) is 37.5 Å². The number of likely N-dealkylation sites (tertiary alicyclic amines) is 2. The summed E-state index contributed by atoms with van der Waals surface area (Å²) in [5, 5.41) is 0.591. The predicted octanol–water partition coefficient (Wildman–Crippen LogP) is 2.59. The Morgan fingerprint density at radius 1 is 1.06 bits per heavy atom. The Bertz CT molecular complexity index is 891. The SMILES string of the molecule is O=C1CCCN1CCC(=O)N1CCCC(COc2cccc(Cl)c2)(CC(=O)N2CCOCC2)C1. The fourth-order valence-corrected chi connectivity index (χ4v) is 5.28.